The van der Waals surface area contributed by atoms with Crippen molar-refractivity contribution in [3.05, 3.63) is 20.8 Å². The van der Waals surface area contributed by atoms with Crippen molar-refractivity contribution in [2.75, 3.05) is 20.3 Å². The molecule has 1 aromatic heterocycles. The van der Waals surface area contributed by atoms with Crippen LogP contribution in [0.5, 0.6) is 0 Å². The lowest BCUT2D eigenvalue weighted by molar-refractivity contribution is 0.192. The molecular formula is C11H19BrClNOS. The fourth-order valence-electron chi connectivity index (χ4n) is 1.33. The van der Waals surface area contributed by atoms with Gasteiger partial charge in [0.25, 0.3) is 0 Å². The molecule has 0 aliphatic heterocycles. The van der Waals surface area contributed by atoms with Crippen molar-refractivity contribution < 1.29 is 4.74 Å². The Balaban J connectivity index is 0.00000225. The molecule has 0 radical (unpaired) electrons. The van der Waals surface area contributed by atoms with Gasteiger partial charge in [-0.25, -0.2) is 0 Å². The predicted octanol–water partition coefficient (Wildman–Crippen LogP) is 3.84. The Bertz CT molecular complexity index is 270. The summed E-state index contributed by atoms with van der Waals surface area (Å²) in [5.74, 6) is 0. The van der Waals surface area contributed by atoms with Gasteiger partial charge in [0.1, 0.15) is 0 Å². The molecule has 0 aliphatic rings. The fourth-order valence-corrected chi connectivity index (χ4v) is 2.75. The highest BCUT2D eigenvalue weighted by atomic mass is 79.9. The summed E-state index contributed by atoms with van der Waals surface area (Å²) in [6, 6.07) is 2.17. The average molecular weight is 329 g/mol. The summed E-state index contributed by atoms with van der Waals surface area (Å²) in [5.41, 5.74) is 0. The Kier molecular flexibility index (Phi) is 10.8. The van der Waals surface area contributed by atoms with Crippen molar-refractivity contribution in [1.82, 2.24) is 5.32 Å². The van der Waals surface area contributed by atoms with E-state index >= 15 is 0 Å². The Labute approximate surface area is 116 Å². The highest BCUT2D eigenvalue weighted by molar-refractivity contribution is 9.10. The summed E-state index contributed by atoms with van der Waals surface area (Å²) in [4.78, 5) is 1.39. The van der Waals surface area contributed by atoms with Gasteiger partial charge in [0.15, 0.2) is 0 Å². The summed E-state index contributed by atoms with van der Waals surface area (Å²) >= 11 is 5.24. The van der Waals surface area contributed by atoms with E-state index in [2.05, 4.69) is 32.7 Å². The molecular weight excluding hydrogens is 310 g/mol. The molecule has 0 amide bonds. The molecule has 2 nitrogen and oxygen atoms in total. The highest BCUT2D eigenvalue weighted by Gasteiger charge is 1.96. The minimum Gasteiger partial charge on any atom is -0.385 e. The molecule has 0 saturated heterocycles. The first-order valence-electron chi connectivity index (χ1n) is 5.25. The van der Waals surface area contributed by atoms with E-state index < -0.39 is 0 Å². The maximum atomic E-state index is 5.00. The number of rotatable bonds is 8. The van der Waals surface area contributed by atoms with Crippen LogP contribution in [0.1, 0.15) is 24.1 Å². The molecule has 0 aliphatic carbocycles. The average Bonchev–Trinajstić information content (AvgIpc) is 2.63. The first-order valence-corrected chi connectivity index (χ1v) is 6.93. The van der Waals surface area contributed by atoms with E-state index in [1.807, 2.05) is 0 Å². The first kappa shape index (κ1) is 16.4. The quantitative estimate of drug-likeness (QED) is 0.732. The fraction of sp³-hybridized carbons (Fsp3) is 0.636. The number of nitrogens with one attached hydrogen (secondary N) is 1. The second-order valence-corrected chi connectivity index (χ2v) is 5.37. The van der Waals surface area contributed by atoms with Gasteiger partial charge < -0.3 is 10.1 Å². The lowest BCUT2D eigenvalue weighted by atomic mass is 10.2. The smallest absolute Gasteiger partial charge is 0.0462 e. The van der Waals surface area contributed by atoms with Crippen LogP contribution in [0.4, 0.5) is 0 Å². The first-order chi connectivity index (χ1) is 7.33. The zero-order chi connectivity index (χ0) is 10.9. The van der Waals surface area contributed by atoms with Crippen LogP contribution in [0.2, 0.25) is 0 Å². The van der Waals surface area contributed by atoms with Gasteiger partial charge in [0, 0.05) is 35.0 Å². The van der Waals surface area contributed by atoms with Crippen LogP contribution in [-0.4, -0.2) is 20.3 Å². The van der Waals surface area contributed by atoms with Crippen LogP contribution >= 0.6 is 39.7 Å². The largest absolute Gasteiger partial charge is 0.385 e. The Morgan fingerprint density at radius 3 is 2.81 bits per heavy atom. The van der Waals surface area contributed by atoms with Crippen molar-refractivity contribution in [3.63, 3.8) is 0 Å². The summed E-state index contributed by atoms with van der Waals surface area (Å²) < 4.78 is 6.18. The van der Waals surface area contributed by atoms with Gasteiger partial charge in [0.05, 0.1) is 0 Å². The second kappa shape index (κ2) is 10.5. The van der Waals surface area contributed by atoms with Crippen molar-refractivity contribution >= 4 is 39.7 Å². The molecule has 5 heteroatoms. The van der Waals surface area contributed by atoms with E-state index in [1.54, 1.807) is 18.4 Å². The Morgan fingerprint density at radius 2 is 2.19 bits per heavy atom. The van der Waals surface area contributed by atoms with Gasteiger partial charge in [-0.3, -0.25) is 0 Å². The number of methoxy groups -OCH3 is 1. The van der Waals surface area contributed by atoms with Crippen LogP contribution < -0.4 is 5.32 Å². The molecule has 0 aromatic carbocycles. The van der Waals surface area contributed by atoms with Crippen LogP contribution in [0, 0.1) is 0 Å². The molecule has 0 unspecified atom stereocenters. The van der Waals surface area contributed by atoms with Gasteiger partial charge in [-0.2, -0.15) is 0 Å². The van der Waals surface area contributed by atoms with Gasteiger partial charge in [-0.1, -0.05) is 0 Å². The van der Waals surface area contributed by atoms with E-state index in [0.29, 0.717) is 0 Å². The second-order valence-electron chi connectivity index (χ2n) is 3.46. The van der Waals surface area contributed by atoms with Crippen molar-refractivity contribution in [2.45, 2.75) is 25.8 Å². The van der Waals surface area contributed by atoms with Crippen molar-refractivity contribution in [2.24, 2.45) is 0 Å². The van der Waals surface area contributed by atoms with Crippen LogP contribution in [-0.2, 0) is 11.3 Å². The number of hydrogen-bond donors (Lipinski definition) is 1. The van der Waals surface area contributed by atoms with Crippen LogP contribution in [0.15, 0.2) is 15.9 Å². The van der Waals surface area contributed by atoms with Crippen molar-refractivity contribution in [3.8, 4) is 0 Å². The lowest BCUT2D eigenvalue weighted by Gasteiger charge is -2.02. The SMILES string of the molecule is COCCCCCNCc1cc(Br)cs1.Cl. The summed E-state index contributed by atoms with van der Waals surface area (Å²) in [6.45, 7) is 2.97. The van der Waals surface area contributed by atoms with Crippen LogP contribution in [0.3, 0.4) is 0 Å². The summed E-state index contributed by atoms with van der Waals surface area (Å²) in [6.07, 6.45) is 3.65. The van der Waals surface area contributed by atoms with Crippen molar-refractivity contribution in [1.29, 1.82) is 0 Å². The van der Waals surface area contributed by atoms with Gasteiger partial charge in [-0.15, -0.1) is 23.7 Å². The van der Waals surface area contributed by atoms with E-state index in [0.717, 1.165) is 19.7 Å². The predicted molar refractivity (Wildman–Crippen MR) is 76.7 cm³/mol. The number of halogens is 2. The molecule has 0 saturated carbocycles. The van der Waals surface area contributed by atoms with E-state index in [-0.39, 0.29) is 12.4 Å². The van der Waals surface area contributed by atoms with Crippen LogP contribution in [0.25, 0.3) is 0 Å². The molecule has 1 N–H and O–H groups in total. The van der Waals surface area contributed by atoms with Gasteiger partial charge in [0.2, 0.25) is 0 Å². The molecule has 1 rings (SSSR count). The molecule has 1 aromatic rings. The normalized spacial score (nSPS) is 10.1. The minimum absolute atomic E-state index is 0. The zero-order valence-electron chi connectivity index (χ0n) is 9.50. The summed E-state index contributed by atoms with van der Waals surface area (Å²) in [7, 11) is 1.76. The third-order valence-electron chi connectivity index (χ3n) is 2.12. The van der Waals surface area contributed by atoms with E-state index in [9.17, 15) is 0 Å². The molecule has 0 bridgehead atoms. The molecule has 0 spiro atoms. The summed E-state index contributed by atoms with van der Waals surface area (Å²) in [5, 5.41) is 5.56. The third-order valence-corrected chi connectivity index (χ3v) is 3.82. The van der Waals surface area contributed by atoms with Gasteiger partial charge >= 0.3 is 0 Å². The monoisotopic (exact) mass is 327 g/mol. The number of ether oxygens (including phenoxy) is 1. The highest BCUT2D eigenvalue weighted by Crippen LogP contribution is 2.19. The molecule has 1 heterocycles. The van der Waals surface area contributed by atoms with Gasteiger partial charge in [-0.05, 0) is 47.8 Å². The topological polar surface area (TPSA) is 21.3 Å². The van der Waals surface area contributed by atoms with E-state index in [4.69, 9.17) is 4.74 Å². The van der Waals surface area contributed by atoms with E-state index in [1.165, 1.54) is 28.6 Å². The molecule has 0 fully saturated rings. The Morgan fingerprint density at radius 1 is 1.38 bits per heavy atom. The minimum atomic E-state index is 0. The Hall–Kier alpha value is 0.390. The molecule has 94 valence electrons. The third kappa shape index (κ3) is 7.63. The standard InChI is InChI=1S/C11H18BrNOS.ClH/c1-14-6-4-2-3-5-13-8-11-7-10(12)9-15-11;/h7,9,13H,2-6,8H2,1H3;1H. The number of hydrogen-bond acceptors (Lipinski definition) is 3. The maximum absolute atomic E-state index is 5.00. The number of unbranched alkanes of at least 4 members (excludes halogenated alkanes) is 2. The molecule has 16 heavy (non-hydrogen) atoms. The maximum Gasteiger partial charge on any atom is 0.0462 e. The number of thiophene rings is 1. The zero-order valence-corrected chi connectivity index (χ0v) is 12.7. The lowest BCUT2D eigenvalue weighted by Crippen LogP contribution is -2.13. The molecule has 0 atom stereocenters.